The molecule has 2 aliphatic rings. The molecule has 1 aromatic heterocycles. The van der Waals surface area contributed by atoms with Gasteiger partial charge in [-0.3, -0.25) is 0 Å². The van der Waals surface area contributed by atoms with Crippen molar-refractivity contribution in [1.82, 2.24) is 15.0 Å². The lowest BCUT2D eigenvalue weighted by Crippen LogP contribution is -2.27. The maximum atomic E-state index is 4.96. The average molecular weight is 618 g/mol. The summed E-state index contributed by atoms with van der Waals surface area (Å²) in [4.78, 5) is 14.8. The SMILES string of the molecule is c1ccc(-c2nc(-c3ccccc3)nc(-c3cccc(-c4cccc(-c5ccc6c(c5)-c5ccccc5C65CCCCC5)c4)c3)n2)cc1. The van der Waals surface area contributed by atoms with Crippen molar-refractivity contribution in [3.63, 3.8) is 0 Å². The van der Waals surface area contributed by atoms with Gasteiger partial charge in [0.25, 0.3) is 0 Å². The highest BCUT2D eigenvalue weighted by molar-refractivity contribution is 5.86. The second-order valence-corrected chi connectivity index (χ2v) is 13.1. The van der Waals surface area contributed by atoms with Gasteiger partial charge in [-0.05, 0) is 75.5 Å². The highest BCUT2D eigenvalue weighted by Gasteiger charge is 2.43. The minimum absolute atomic E-state index is 0.181. The molecular weight excluding hydrogens is 583 g/mol. The van der Waals surface area contributed by atoms with Crippen LogP contribution in [0.25, 0.3) is 67.5 Å². The first kappa shape index (κ1) is 28.5. The second-order valence-electron chi connectivity index (χ2n) is 13.1. The van der Waals surface area contributed by atoms with Gasteiger partial charge in [0.05, 0.1) is 0 Å². The third kappa shape index (κ3) is 4.94. The topological polar surface area (TPSA) is 38.7 Å². The molecule has 3 heteroatoms. The molecule has 0 radical (unpaired) electrons. The van der Waals surface area contributed by atoms with Crippen LogP contribution in [0.15, 0.2) is 152 Å². The van der Waals surface area contributed by atoms with Crippen molar-refractivity contribution in [2.75, 3.05) is 0 Å². The van der Waals surface area contributed by atoms with Crippen LogP contribution in [0.2, 0.25) is 0 Å². The zero-order valence-corrected chi connectivity index (χ0v) is 26.8. The minimum atomic E-state index is 0.181. The number of rotatable bonds is 5. The maximum absolute atomic E-state index is 4.96. The van der Waals surface area contributed by atoms with E-state index >= 15 is 0 Å². The predicted molar refractivity (Wildman–Crippen MR) is 196 cm³/mol. The van der Waals surface area contributed by atoms with Crippen molar-refractivity contribution in [3.05, 3.63) is 163 Å². The van der Waals surface area contributed by atoms with E-state index in [4.69, 9.17) is 15.0 Å². The number of fused-ring (bicyclic) bond motifs is 5. The Morgan fingerprint density at radius 2 is 0.792 bits per heavy atom. The summed E-state index contributed by atoms with van der Waals surface area (Å²) in [5.41, 5.74) is 13.7. The van der Waals surface area contributed by atoms with Gasteiger partial charge in [-0.15, -0.1) is 0 Å². The average Bonchev–Trinajstić information content (AvgIpc) is 3.43. The summed E-state index contributed by atoms with van der Waals surface area (Å²) in [7, 11) is 0. The van der Waals surface area contributed by atoms with Crippen molar-refractivity contribution in [2.24, 2.45) is 0 Å². The highest BCUT2D eigenvalue weighted by atomic mass is 15.0. The first-order valence-electron chi connectivity index (χ1n) is 17.1. The summed E-state index contributed by atoms with van der Waals surface area (Å²) in [6.45, 7) is 0. The van der Waals surface area contributed by atoms with E-state index in [1.54, 1.807) is 0 Å². The molecule has 7 aromatic rings. The zero-order valence-electron chi connectivity index (χ0n) is 26.8. The van der Waals surface area contributed by atoms with Crippen molar-refractivity contribution in [1.29, 1.82) is 0 Å². The number of hydrogen-bond donors (Lipinski definition) is 0. The molecule has 1 fully saturated rings. The zero-order chi connectivity index (χ0) is 31.9. The van der Waals surface area contributed by atoms with Gasteiger partial charge < -0.3 is 0 Å². The van der Waals surface area contributed by atoms with Crippen LogP contribution < -0.4 is 0 Å². The molecule has 6 aromatic carbocycles. The molecule has 0 saturated heterocycles. The molecular formula is C45H35N3. The molecule has 3 nitrogen and oxygen atoms in total. The molecule has 1 heterocycles. The van der Waals surface area contributed by atoms with Gasteiger partial charge >= 0.3 is 0 Å². The van der Waals surface area contributed by atoms with Crippen LogP contribution in [0, 0.1) is 0 Å². The number of hydrogen-bond acceptors (Lipinski definition) is 3. The van der Waals surface area contributed by atoms with E-state index in [2.05, 4.69) is 91.0 Å². The van der Waals surface area contributed by atoms with E-state index in [9.17, 15) is 0 Å². The maximum Gasteiger partial charge on any atom is 0.164 e. The fourth-order valence-corrected chi connectivity index (χ4v) is 7.99. The van der Waals surface area contributed by atoms with Crippen LogP contribution in [-0.4, -0.2) is 15.0 Å². The summed E-state index contributed by atoms with van der Waals surface area (Å²) in [5, 5.41) is 0. The molecule has 230 valence electrons. The predicted octanol–water partition coefficient (Wildman–Crippen LogP) is 11.4. The highest BCUT2D eigenvalue weighted by Crippen LogP contribution is 2.56. The molecule has 1 spiro atoms. The van der Waals surface area contributed by atoms with Gasteiger partial charge in [-0.2, -0.15) is 0 Å². The Hall–Kier alpha value is -5.67. The second kappa shape index (κ2) is 11.8. The third-order valence-corrected chi connectivity index (χ3v) is 10.3. The van der Waals surface area contributed by atoms with Crippen LogP contribution in [0.1, 0.15) is 43.2 Å². The van der Waals surface area contributed by atoms with Crippen LogP contribution in [0.5, 0.6) is 0 Å². The fourth-order valence-electron chi connectivity index (χ4n) is 7.99. The fraction of sp³-hybridized carbons (Fsp3) is 0.133. The molecule has 0 unspecified atom stereocenters. The van der Waals surface area contributed by atoms with Gasteiger partial charge in [0.2, 0.25) is 0 Å². The molecule has 0 amide bonds. The molecule has 48 heavy (non-hydrogen) atoms. The third-order valence-electron chi connectivity index (χ3n) is 10.3. The van der Waals surface area contributed by atoms with Crippen molar-refractivity contribution < 1.29 is 0 Å². The standard InChI is InChI=1S/C45H35N3/c1-4-14-31(15-5-1)42-46-43(32-16-6-2-7-17-32)48-44(47-42)37-21-13-20-35(29-37)33-18-12-19-34(28-33)36-24-25-41-39(30-36)38-22-8-9-23-40(38)45(41)26-10-3-11-27-45/h1-2,4-9,12-25,28-30H,3,10-11,26-27H2. The molecule has 0 bridgehead atoms. The van der Waals surface area contributed by atoms with E-state index in [0.29, 0.717) is 17.5 Å². The molecule has 0 atom stereocenters. The Labute approximate surface area is 282 Å². The molecule has 1 saturated carbocycles. The van der Waals surface area contributed by atoms with Crippen LogP contribution in [0.3, 0.4) is 0 Å². The van der Waals surface area contributed by atoms with Crippen molar-refractivity contribution >= 4 is 0 Å². The van der Waals surface area contributed by atoms with Crippen molar-refractivity contribution in [3.8, 4) is 67.5 Å². The van der Waals surface area contributed by atoms with Crippen molar-refractivity contribution in [2.45, 2.75) is 37.5 Å². The monoisotopic (exact) mass is 617 g/mol. The summed E-state index contributed by atoms with van der Waals surface area (Å²) in [6, 6.07) is 54.1. The lowest BCUT2D eigenvalue weighted by molar-refractivity contribution is 0.353. The minimum Gasteiger partial charge on any atom is -0.208 e. The van der Waals surface area contributed by atoms with E-state index in [1.165, 1.54) is 71.0 Å². The first-order valence-corrected chi connectivity index (χ1v) is 17.1. The normalized spacial score (nSPS) is 14.4. The van der Waals surface area contributed by atoms with E-state index in [-0.39, 0.29) is 5.41 Å². The Bertz CT molecular complexity index is 2210. The van der Waals surface area contributed by atoms with E-state index in [0.717, 1.165) is 22.3 Å². The van der Waals surface area contributed by atoms with Crippen LogP contribution in [-0.2, 0) is 5.41 Å². The lowest BCUT2D eigenvalue weighted by atomic mass is 9.68. The molecule has 0 N–H and O–H groups in total. The van der Waals surface area contributed by atoms with Crippen LogP contribution in [0.4, 0.5) is 0 Å². The Morgan fingerprint density at radius 3 is 1.42 bits per heavy atom. The van der Waals surface area contributed by atoms with Crippen LogP contribution >= 0.6 is 0 Å². The van der Waals surface area contributed by atoms with Gasteiger partial charge in [0.15, 0.2) is 17.5 Å². The van der Waals surface area contributed by atoms with E-state index < -0.39 is 0 Å². The summed E-state index contributed by atoms with van der Waals surface area (Å²) in [5.74, 6) is 2.00. The Morgan fingerprint density at radius 1 is 0.333 bits per heavy atom. The summed E-state index contributed by atoms with van der Waals surface area (Å²) >= 11 is 0. The quantitative estimate of drug-likeness (QED) is 0.193. The Kier molecular flexibility index (Phi) is 7.04. The largest absolute Gasteiger partial charge is 0.208 e. The molecule has 0 aliphatic heterocycles. The first-order chi connectivity index (χ1) is 23.7. The molecule has 9 rings (SSSR count). The van der Waals surface area contributed by atoms with Gasteiger partial charge in [0.1, 0.15) is 0 Å². The number of benzene rings is 6. The van der Waals surface area contributed by atoms with E-state index in [1.807, 2.05) is 60.7 Å². The molecule has 2 aliphatic carbocycles. The smallest absolute Gasteiger partial charge is 0.164 e. The summed E-state index contributed by atoms with van der Waals surface area (Å²) in [6.07, 6.45) is 6.47. The summed E-state index contributed by atoms with van der Waals surface area (Å²) < 4.78 is 0. The van der Waals surface area contributed by atoms with Gasteiger partial charge in [-0.1, -0.05) is 153 Å². The number of nitrogens with zero attached hydrogens (tertiary/aromatic N) is 3. The van der Waals surface area contributed by atoms with Gasteiger partial charge in [-0.25, -0.2) is 15.0 Å². The lowest BCUT2D eigenvalue weighted by Gasteiger charge is -2.36. The van der Waals surface area contributed by atoms with Gasteiger partial charge in [0, 0.05) is 22.1 Å². The number of aromatic nitrogens is 3. The Balaban J connectivity index is 1.10.